The molecule has 2 N–H and O–H groups in total. The normalized spacial score (nSPS) is 34.8. The highest BCUT2D eigenvalue weighted by Gasteiger charge is 2.21. The Labute approximate surface area is 61.5 Å². The molecule has 1 rings (SSSR count). The summed E-state index contributed by atoms with van der Waals surface area (Å²) in [5.41, 5.74) is 5.55. The molecule has 0 aliphatic carbocycles. The summed E-state index contributed by atoms with van der Waals surface area (Å²) in [4.78, 5) is 0. The van der Waals surface area contributed by atoms with Gasteiger partial charge in [-0.25, -0.2) is 0 Å². The monoisotopic (exact) mass is 145 g/mol. The third kappa shape index (κ3) is 1.94. The fourth-order valence-electron chi connectivity index (χ4n) is 0.918. The van der Waals surface area contributed by atoms with Crippen molar-refractivity contribution in [3.05, 3.63) is 0 Å². The van der Waals surface area contributed by atoms with Crippen LogP contribution >= 0.6 is 0 Å². The van der Waals surface area contributed by atoms with Gasteiger partial charge in [0, 0.05) is 5.92 Å². The highest BCUT2D eigenvalue weighted by atomic mass is 16.7. The summed E-state index contributed by atoms with van der Waals surface area (Å²) in [6, 6.07) is 0.0648. The second kappa shape index (κ2) is 3.32. The molecule has 3 nitrogen and oxygen atoms in total. The van der Waals surface area contributed by atoms with E-state index in [4.69, 9.17) is 15.2 Å². The fourth-order valence-corrected chi connectivity index (χ4v) is 0.918. The van der Waals surface area contributed by atoms with Gasteiger partial charge in [-0.1, -0.05) is 13.8 Å². The lowest BCUT2D eigenvalue weighted by Crippen LogP contribution is -2.42. The number of rotatable bonds is 1. The predicted molar refractivity (Wildman–Crippen MR) is 38.5 cm³/mol. The Kier molecular flexibility index (Phi) is 2.65. The van der Waals surface area contributed by atoms with Crippen LogP contribution in [0.1, 0.15) is 13.8 Å². The molecule has 1 aliphatic heterocycles. The van der Waals surface area contributed by atoms with E-state index in [0.717, 1.165) is 0 Å². The second-order valence-electron chi connectivity index (χ2n) is 3.04. The number of nitrogens with two attached hydrogens (primary N) is 1. The Balaban J connectivity index is 2.26. The number of hydrogen-bond acceptors (Lipinski definition) is 3. The summed E-state index contributed by atoms with van der Waals surface area (Å²) in [7, 11) is 0. The molecule has 0 aromatic carbocycles. The van der Waals surface area contributed by atoms with E-state index in [-0.39, 0.29) is 12.3 Å². The van der Waals surface area contributed by atoms with Crippen molar-refractivity contribution in [2.45, 2.75) is 26.2 Å². The van der Waals surface area contributed by atoms with E-state index >= 15 is 0 Å². The molecule has 0 bridgehead atoms. The van der Waals surface area contributed by atoms with Gasteiger partial charge < -0.3 is 15.2 Å². The molecule has 1 aliphatic rings. The maximum Gasteiger partial charge on any atom is 0.159 e. The Hall–Kier alpha value is -0.120. The zero-order valence-electron chi connectivity index (χ0n) is 6.54. The van der Waals surface area contributed by atoms with Gasteiger partial charge in [-0.2, -0.15) is 0 Å². The summed E-state index contributed by atoms with van der Waals surface area (Å²) < 4.78 is 10.6. The zero-order chi connectivity index (χ0) is 7.56. The van der Waals surface area contributed by atoms with Crippen LogP contribution in [-0.2, 0) is 9.47 Å². The Morgan fingerprint density at radius 3 is 2.20 bits per heavy atom. The van der Waals surface area contributed by atoms with E-state index in [1.807, 2.05) is 0 Å². The van der Waals surface area contributed by atoms with Crippen LogP contribution in [-0.4, -0.2) is 25.5 Å². The van der Waals surface area contributed by atoms with Crippen LogP contribution in [0.2, 0.25) is 0 Å². The first-order chi connectivity index (χ1) is 4.70. The molecule has 1 heterocycles. The minimum atomic E-state index is -0.0419. The van der Waals surface area contributed by atoms with Crippen LogP contribution in [0.3, 0.4) is 0 Å². The van der Waals surface area contributed by atoms with Gasteiger partial charge in [0.05, 0.1) is 19.3 Å². The van der Waals surface area contributed by atoms with Gasteiger partial charge in [0.2, 0.25) is 0 Å². The molecular weight excluding hydrogens is 130 g/mol. The van der Waals surface area contributed by atoms with Gasteiger partial charge in [-0.05, 0) is 0 Å². The molecule has 1 fully saturated rings. The first-order valence-electron chi connectivity index (χ1n) is 3.69. The van der Waals surface area contributed by atoms with Gasteiger partial charge >= 0.3 is 0 Å². The van der Waals surface area contributed by atoms with E-state index < -0.39 is 0 Å². The third-order valence-corrected chi connectivity index (χ3v) is 1.49. The minimum Gasteiger partial charge on any atom is -0.351 e. The van der Waals surface area contributed by atoms with Gasteiger partial charge in [0.15, 0.2) is 6.29 Å². The maximum absolute atomic E-state index is 5.55. The lowest BCUT2D eigenvalue weighted by molar-refractivity contribution is -0.205. The second-order valence-corrected chi connectivity index (χ2v) is 3.04. The lowest BCUT2D eigenvalue weighted by atomic mass is 10.2. The van der Waals surface area contributed by atoms with E-state index in [2.05, 4.69) is 13.8 Å². The topological polar surface area (TPSA) is 44.5 Å². The molecule has 0 aromatic heterocycles. The van der Waals surface area contributed by atoms with Crippen molar-refractivity contribution in [2.24, 2.45) is 11.7 Å². The Morgan fingerprint density at radius 2 is 1.80 bits per heavy atom. The molecule has 0 aromatic rings. The van der Waals surface area contributed by atoms with Crippen molar-refractivity contribution >= 4 is 0 Å². The minimum absolute atomic E-state index is 0.0419. The predicted octanol–water partition coefficient (Wildman–Crippen LogP) is 0.343. The average Bonchev–Trinajstić information content (AvgIpc) is 1.88. The molecule has 0 radical (unpaired) electrons. The van der Waals surface area contributed by atoms with Crippen molar-refractivity contribution < 1.29 is 9.47 Å². The maximum atomic E-state index is 5.55. The van der Waals surface area contributed by atoms with Crippen LogP contribution in [0, 0.1) is 5.92 Å². The Bertz CT molecular complexity index is 97.8. The Morgan fingerprint density at radius 1 is 1.30 bits per heavy atom. The van der Waals surface area contributed by atoms with Gasteiger partial charge in [0.1, 0.15) is 0 Å². The molecule has 3 heteroatoms. The summed E-state index contributed by atoms with van der Waals surface area (Å²) in [6.45, 7) is 5.40. The smallest absolute Gasteiger partial charge is 0.159 e. The van der Waals surface area contributed by atoms with Gasteiger partial charge in [-0.3, -0.25) is 0 Å². The van der Waals surface area contributed by atoms with Crippen molar-refractivity contribution in [1.82, 2.24) is 0 Å². The molecular formula is C7H15NO2. The molecule has 0 unspecified atom stereocenters. The van der Waals surface area contributed by atoms with E-state index in [1.54, 1.807) is 0 Å². The van der Waals surface area contributed by atoms with Crippen molar-refractivity contribution in [1.29, 1.82) is 0 Å². The number of ether oxygens (including phenoxy) is 2. The molecule has 0 amide bonds. The quantitative estimate of drug-likeness (QED) is 0.578. The third-order valence-electron chi connectivity index (χ3n) is 1.49. The molecule has 60 valence electrons. The highest BCUT2D eigenvalue weighted by molar-refractivity contribution is 4.65. The van der Waals surface area contributed by atoms with E-state index in [9.17, 15) is 0 Å². The fraction of sp³-hybridized carbons (Fsp3) is 1.00. The molecule has 0 atom stereocenters. The van der Waals surface area contributed by atoms with Crippen LogP contribution < -0.4 is 5.73 Å². The summed E-state index contributed by atoms with van der Waals surface area (Å²) in [5, 5.41) is 0. The largest absolute Gasteiger partial charge is 0.351 e. The van der Waals surface area contributed by atoms with E-state index in [1.165, 1.54) is 0 Å². The van der Waals surface area contributed by atoms with Crippen LogP contribution in [0.4, 0.5) is 0 Å². The van der Waals surface area contributed by atoms with Crippen molar-refractivity contribution in [3.63, 3.8) is 0 Å². The first-order valence-corrected chi connectivity index (χ1v) is 3.69. The zero-order valence-corrected chi connectivity index (χ0v) is 6.54. The van der Waals surface area contributed by atoms with Crippen molar-refractivity contribution in [2.75, 3.05) is 13.2 Å². The average molecular weight is 145 g/mol. The molecule has 0 spiro atoms. The van der Waals surface area contributed by atoms with Crippen LogP contribution in [0.5, 0.6) is 0 Å². The van der Waals surface area contributed by atoms with Crippen molar-refractivity contribution in [3.8, 4) is 0 Å². The number of hydrogen-bond donors (Lipinski definition) is 1. The summed E-state index contributed by atoms with van der Waals surface area (Å²) in [6.07, 6.45) is -0.0419. The van der Waals surface area contributed by atoms with Gasteiger partial charge in [0.25, 0.3) is 0 Å². The summed E-state index contributed by atoms with van der Waals surface area (Å²) in [5.74, 6) is 0.424. The molecule has 1 saturated heterocycles. The molecule has 10 heavy (non-hydrogen) atoms. The van der Waals surface area contributed by atoms with Crippen LogP contribution in [0.25, 0.3) is 0 Å². The van der Waals surface area contributed by atoms with E-state index in [0.29, 0.717) is 19.1 Å². The lowest BCUT2D eigenvalue weighted by Gasteiger charge is -2.29. The summed E-state index contributed by atoms with van der Waals surface area (Å²) >= 11 is 0. The molecule has 0 saturated carbocycles. The standard InChI is InChI=1S/C7H15NO2/c1-5(2)7-9-3-6(8)4-10-7/h5-7H,3-4,8H2,1-2H3/t6-,7-. The first kappa shape index (κ1) is 7.98. The SMILES string of the molecule is CC(C)[C@H]1OC[C@H](N)CO1. The van der Waals surface area contributed by atoms with Crippen LogP contribution in [0.15, 0.2) is 0 Å². The van der Waals surface area contributed by atoms with Gasteiger partial charge in [-0.15, -0.1) is 0 Å². The highest BCUT2D eigenvalue weighted by Crippen LogP contribution is 2.12.